The Bertz CT molecular complexity index is 429. The number of primary amides is 1. The molecule has 2 unspecified atom stereocenters. The molecule has 0 saturated heterocycles. The zero-order valence-corrected chi connectivity index (χ0v) is 13.9. The van der Waals surface area contributed by atoms with Gasteiger partial charge in [-0.3, -0.25) is 9.59 Å². The smallest absolute Gasteiger partial charge is 0.220 e. The summed E-state index contributed by atoms with van der Waals surface area (Å²) in [6, 6.07) is 0. The second kappa shape index (κ2) is 9.44. The van der Waals surface area contributed by atoms with Gasteiger partial charge in [-0.15, -0.1) is 0 Å². The van der Waals surface area contributed by atoms with Gasteiger partial charge >= 0.3 is 0 Å². The topological polar surface area (TPSA) is 72.2 Å². The van der Waals surface area contributed by atoms with Gasteiger partial charge in [-0.2, -0.15) is 0 Å². The molecule has 1 aliphatic rings. The highest BCUT2D eigenvalue weighted by molar-refractivity contribution is 5.77. The summed E-state index contributed by atoms with van der Waals surface area (Å²) in [5.74, 6) is 0.223. The molecular weight excluding hydrogens is 276 g/mol. The highest BCUT2D eigenvalue weighted by atomic mass is 16.2. The third kappa shape index (κ3) is 6.92. The Labute approximate surface area is 134 Å². The maximum Gasteiger partial charge on any atom is 0.220 e. The summed E-state index contributed by atoms with van der Waals surface area (Å²) in [7, 11) is 0. The Morgan fingerprint density at radius 2 is 1.64 bits per heavy atom. The van der Waals surface area contributed by atoms with Crippen molar-refractivity contribution < 1.29 is 9.59 Å². The number of carbonyl (C=O) groups is 2. The van der Waals surface area contributed by atoms with Gasteiger partial charge in [0.1, 0.15) is 0 Å². The molecular formula is C18H30N2O2. The van der Waals surface area contributed by atoms with Crippen LogP contribution >= 0.6 is 0 Å². The number of nitrogens with one attached hydrogen (secondary N) is 1. The zero-order valence-electron chi connectivity index (χ0n) is 13.9. The molecule has 0 fully saturated rings. The highest BCUT2D eigenvalue weighted by Gasteiger charge is 2.29. The number of allylic oxidation sites excluding steroid dienone is 2. The molecule has 0 aromatic rings. The van der Waals surface area contributed by atoms with E-state index in [1.54, 1.807) is 0 Å². The second-order valence-electron chi connectivity index (χ2n) is 6.45. The maximum atomic E-state index is 12.1. The lowest BCUT2D eigenvalue weighted by Gasteiger charge is -2.34. The molecule has 2 amide bonds. The first-order valence-electron chi connectivity index (χ1n) is 8.39. The van der Waals surface area contributed by atoms with E-state index in [2.05, 4.69) is 31.3 Å². The average molecular weight is 306 g/mol. The molecule has 0 radical (unpaired) electrons. The number of unbranched alkanes of at least 4 members (excludes halogenated alkanes) is 5. The summed E-state index contributed by atoms with van der Waals surface area (Å²) < 4.78 is 0. The van der Waals surface area contributed by atoms with E-state index >= 15 is 0 Å². The monoisotopic (exact) mass is 306 g/mol. The van der Waals surface area contributed by atoms with Crippen LogP contribution in [-0.4, -0.2) is 17.4 Å². The molecule has 0 saturated carbocycles. The summed E-state index contributed by atoms with van der Waals surface area (Å²) in [5.41, 5.74) is 4.83. The Hall–Kier alpha value is -1.58. The Kier molecular flexibility index (Phi) is 7.92. The Morgan fingerprint density at radius 1 is 1.05 bits per heavy atom. The molecule has 1 rings (SSSR count). The minimum atomic E-state index is -0.263. The average Bonchev–Trinajstić information content (AvgIpc) is 2.45. The summed E-state index contributed by atoms with van der Waals surface area (Å²) >= 11 is 0. The van der Waals surface area contributed by atoms with Gasteiger partial charge in [-0.25, -0.2) is 0 Å². The number of carbonyl (C=O) groups excluding carboxylic acids is 2. The number of nitrogens with two attached hydrogens (primary N) is 1. The summed E-state index contributed by atoms with van der Waals surface area (Å²) in [4.78, 5) is 22.6. The van der Waals surface area contributed by atoms with Crippen molar-refractivity contribution in [3.63, 3.8) is 0 Å². The fourth-order valence-corrected chi connectivity index (χ4v) is 2.65. The van der Waals surface area contributed by atoms with Gasteiger partial charge in [0.2, 0.25) is 11.8 Å². The van der Waals surface area contributed by atoms with Crippen molar-refractivity contribution in [3.8, 4) is 0 Å². The predicted octanol–water partition coefficient (Wildman–Crippen LogP) is 3.23. The van der Waals surface area contributed by atoms with Crippen LogP contribution in [0.5, 0.6) is 0 Å². The molecule has 0 aromatic carbocycles. The summed E-state index contributed by atoms with van der Waals surface area (Å²) in [6.45, 7) is 4.18. The standard InChI is InChI=1S/C18H30N2O2/c1-15-11-9-10-14-18(15,2)20-17(22)13-8-6-4-3-5-7-12-16(19)21/h9-11,14-15H,3-8,12-13H2,1-2H3,(H2,19,21)(H,20,22). The lowest BCUT2D eigenvalue weighted by atomic mass is 9.83. The number of rotatable bonds is 10. The van der Waals surface area contributed by atoms with E-state index in [0.29, 0.717) is 18.8 Å². The zero-order chi connectivity index (χ0) is 16.4. The number of hydrogen-bond donors (Lipinski definition) is 2. The molecule has 124 valence electrons. The van der Waals surface area contributed by atoms with Crippen LogP contribution in [0.1, 0.15) is 65.2 Å². The van der Waals surface area contributed by atoms with E-state index in [9.17, 15) is 9.59 Å². The van der Waals surface area contributed by atoms with Gasteiger partial charge in [0.25, 0.3) is 0 Å². The highest BCUT2D eigenvalue weighted by Crippen LogP contribution is 2.23. The molecule has 2 atom stereocenters. The summed E-state index contributed by atoms with van der Waals surface area (Å²) in [6.07, 6.45) is 15.4. The molecule has 0 aromatic heterocycles. The van der Waals surface area contributed by atoms with Crippen LogP contribution in [0.2, 0.25) is 0 Å². The minimum Gasteiger partial charge on any atom is -0.370 e. The minimum absolute atomic E-state index is 0.128. The molecule has 0 bridgehead atoms. The first kappa shape index (κ1) is 18.5. The number of amides is 2. The molecule has 0 heterocycles. The van der Waals surface area contributed by atoms with Crippen LogP contribution < -0.4 is 11.1 Å². The van der Waals surface area contributed by atoms with E-state index in [4.69, 9.17) is 5.73 Å². The van der Waals surface area contributed by atoms with Crippen LogP contribution in [-0.2, 0) is 9.59 Å². The van der Waals surface area contributed by atoms with Crippen molar-refractivity contribution >= 4 is 11.8 Å². The Balaban J connectivity index is 2.08. The molecule has 1 aliphatic carbocycles. The third-order valence-corrected chi connectivity index (χ3v) is 4.39. The largest absolute Gasteiger partial charge is 0.370 e. The van der Waals surface area contributed by atoms with Gasteiger partial charge in [0.05, 0.1) is 5.54 Å². The van der Waals surface area contributed by atoms with Crippen molar-refractivity contribution in [3.05, 3.63) is 24.3 Å². The van der Waals surface area contributed by atoms with Gasteiger partial charge in [0.15, 0.2) is 0 Å². The van der Waals surface area contributed by atoms with Crippen molar-refractivity contribution in [2.24, 2.45) is 11.7 Å². The SMILES string of the molecule is CC1C=CC=CC1(C)NC(=O)CCCCCCCCC(N)=O. The van der Waals surface area contributed by atoms with Crippen molar-refractivity contribution in [1.29, 1.82) is 0 Å². The second-order valence-corrected chi connectivity index (χ2v) is 6.45. The van der Waals surface area contributed by atoms with E-state index in [1.807, 2.05) is 12.2 Å². The van der Waals surface area contributed by atoms with Gasteiger partial charge < -0.3 is 11.1 Å². The molecule has 4 nitrogen and oxygen atoms in total. The van der Waals surface area contributed by atoms with Gasteiger partial charge in [-0.1, -0.05) is 56.9 Å². The third-order valence-electron chi connectivity index (χ3n) is 4.39. The molecule has 0 spiro atoms. The van der Waals surface area contributed by atoms with E-state index in [-0.39, 0.29) is 17.4 Å². The van der Waals surface area contributed by atoms with Crippen LogP contribution in [0, 0.1) is 5.92 Å². The van der Waals surface area contributed by atoms with E-state index in [0.717, 1.165) is 38.5 Å². The Morgan fingerprint density at radius 3 is 2.23 bits per heavy atom. The molecule has 4 heteroatoms. The lowest BCUT2D eigenvalue weighted by molar-refractivity contribution is -0.123. The van der Waals surface area contributed by atoms with Crippen LogP contribution in [0.4, 0.5) is 0 Å². The summed E-state index contributed by atoms with van der Waals surface area (Å²) in [5, 5.41) is 3.14. The fraction of sp³-hybridized carbons (Fsp3) is 0.667. The van der Waals surface area contributed by atoms with E-state index < -0.39 is 0 Å². The first-order chi connectivity index (χ1) is 10.4. The van der Waals surface area contributed by atoms with Crippen molar-refractivity contribution in [2.45, 2.75) is 70.8 Å². The quantitative estimate of drug-likeness (QED) is 0.608. The molecule has 22 heavy (non-hydrogen) atoms. The van der Waals surface area contributed by atoms with Gasteiger partial charge in [0, 0.05) is 18.8 Å². The van der Waals surface area contributed by atoms with Crippen LogP contribution in [0.25, 0.3) is 0 Å². The molecule has 0 aliphatic heterocycles. The fourth-order valence-electron chi connectivity index (χ4n) is 2.65. The molecule has 3 N–H and O–H groups in total. The predicted molar refractivity (Wildman–Crippen MR) is 90.1 cm³/mol. The van der Waals surface area contributed by atoms with Crippen molar-refractivity contribution in [1.82, 2.24) is 5.32 Å². The number of hydrogen-bond acceptors (Lipinski definition) is 2. The van der Waals surface area contributed by atoms with Gasteiger partial charge in [-0.05, 0) is 19.8 Å². The lowest BCUT2D eigenvalue weighted by Crippen LogP contribution is -2.49. The first-order valence-corrected chi connectivity index (χ1v) is 8.39. The van der Waals surface area contributed by atoms with Crippen LogP contribution in [0.3, 0.4) is 0 Å². The maximum absolute atomic E-state index is 12.1. The van der Waals surface area contributed by atoms with Crippen LogP contribution in [0.15, 0.2) is 24.3 Å². The van der Waals surface area contributed by atoms with Crippen molar-refractivity contribution in [2.75, 3.05) is 0 Å². The normalized spacial score (nSPS) is 23.5. The van der Waals surface area contributed by atoms with E-state index in [1.165, 1.54) is 0 Å².